The van der Waals surface area contributed by atoms with Gasteiger partial charge in [-0.3, -0.25) is 14.4 Å². The van der Waals surface area contributed by atoms with E-state index in [1.807, 2.05) is 6.07 Å². The third kappa shape index (κ3) is 1.54. The Morgan fingerprint density at radius 2 is 1.86 bits per heavy atom. The van der Waals surface area contributed by atoms with Crippen molar-refractivity contribution < 1.29 is 19.1 Å². The zero-order valence-electron chi connectivity index (χ0n) is 11.3. The van der Waals surface area contributed by atoms with E-state index in [-0.39, 0.29) is 6.61 Å². The second-order valence-corrected chi connectivity index (χ2v) is 5.00. The Labute approximate surface area is 120 Å². The summed E-state index contributed by atoms with van der Waals surface area (Å²) in [4.78, 5) is 37.8. The SMILES string of the molecule is CCOC(=O)C1(C#N)C2C(=O)N(c3ccccc3)C(=O)C21. The first-order valence-electron chi connectivity index (χ1n) is 6.61. The Morgan fingerprint density at radius 1 is 1.29 bits per heavy atom. The van der Waals surface area contributed by atoms with E-state index in [1.165, 1.54) is 0 Å². The van der Waals surface area contributed by atoms with Gasteiger partial charge < -0.3 is 4.74 Å². The summed E-state index contributed by atoms with van der Waals surface area (Å²) in [6, 6.07) is 10.3. The van der Waals surface area contributed by atoms with E-state index in [0.717, 1.165) is 4.90 Å². The number of rotatable bonds is 3. The number of imide groups is 1. The third-order valence-corrected chi connectivity index (χ3v) is 3.99. The molecule has 6 heteroatoms. The van der Waals surface area contributed by atoms with E-state index < -0.39 is 35.0 Å². The van der Waals surface area contributed by atoms with Crippen LogP contribution in [0.3, 0.4) is 0 Å². The molecule has 1 saturated heterocycles. The molecule has 2 fully saturated rings. The maximum absolute atomic E-state index is 12.4. The molecule has 2 atom stereocenters. The van der Waals surface area contributed by atoms with E-state index in [2.05, 4.69) is 0 Å². The number of amides is 2. The normalized spacial score (nSPS) is 29.8. The van der Waals surface area contributed by atoms with Gasteiger partial charge in [0.25, 0.3) is 0 Å². The number of carbonyl (C=O) groups excluding carboxylic acids is 3. The minimum absolute atomic E-state index is 0.104. The molecule has 106 valence electrons. The van der Waals surface area contributed by atoms with Gasteiger partial charge in [-0.1, -0.05) is 18.2 Å². The molecule has 0 bridgehead atoms. The number of carbonyl (C=O) groups is 3. The topological polar surface area (TPSA) is 87.5 Å². The van der Waals surface area contributed by atoms with Gasteiger partial charge in [-0.2, -0.15) is 5.26 Å². The van der Waals surface area contributed by atoms with Crippen molar-refractivity contribution in [2.24, 2.45) is 17.3 Å². The molecule has 21 heavy (non-hydrogen) atoms. The Kier molecular flexibility index (Phi) is 2.80. The van der Waals surface area contributed by atoms with Crippen molar-refractivity contribution in [3.63, 3.8) is 0 Å². The Hall–Kier alpha value is -2.68. The van der Waals surface area contributed by atoms with Crippen molar-refractivity contribution in [3.05, 3.63) is 30.3 Å². The highest BCUT2D eigenvalue weighted by Crippen LogP contribution is 2.64. The van der Waals surface area contributed by atoms with E-state index in [4.69, 9.17) is 4.74 Å². The molecule has 1 aromatic carbocycles. The highest BCUT2D eigenvalue weighted by molar-refractivity contribution is 6.29. The number of fused-ring (bicyclic) bond motifs is 1. The lowest BCUT2D eigenvalue weighted by Gasteiger charge is -2.20. The van der Waals surface area contributed by atoms with Crippen molar-refractivity contribution in [1.29, 1.82) is 5.26 Å². The van der Waals surface area contributed by atoms with Crippen molar-refractivity contribution >= 4 is 23.5 Å². The summed E-state index contributed by atoms with van der Waals surface area (Å²) in [5.41, 5.74) is -1.18. The summed E-state index contributed by atoms with van der Waals surface area (Å²) in [6.45, 7) is 1.72. The van der Waals surface area contributed by atoms with Crippen molar-refractivity contribution in [2.45, 2.75) is 6.92 Å². The standard InChI is InChI=1S/C15H12N2O4/c1-2-21-14(20)15(8-16)10-11(15)13(19)17(12(10)18)9-6-4-3-5-7-9/h3-7,10-11H,2H2,1H3. The van der Waals surface area contributed by atoms with Gasteiger partial charge in [0.05, 0.1) is 30.2 Å². The maximum Gasteiger partial charge on any atom is 0.328 e. The summed E-state index contributed by atoms with van der Waals surface area (Å²) < 4.78 is 4.85. The Morgan fingerprint density at radius 3 is 2.33 bits per heavy atom. The Balaban J connectivity index is 1.93. The maximum atomic E-state index is 12.4. The highest BCUT2D eigenvalue weighted by Gasteiger charge is 2.83. The molecule has 1 aromatic rings. The van der Waals surface area contributed by atoms with Gasteiger partial charge in [-0.15, -0.1) is 0 Å². The molecule has 0 radical (unpaired) electrons. The van der Waals surface area contributed by atoms with Gasteiger partial charge in [0.15, 0.2) is 5.41 Å². The van der Waals surface area contributed by atoms with Gasteiger partial charge in [-0.05, 0) is 19.1 Å². The minimum atomic E-state index is -1.63. The van der Waals surface area contributed by atoms with Gasteiger partial charge in [-0.25, -0.2) is 4.90 Å². The van der Waals surface area contributed by atoms with Crippen LogP contribution in [-0.2, 0) is 19.1 Å². The van der Waals surface area contributed by atoms with Crippen LogP contribution >= 0.6 is 0 Å². The van der Waals surface area contributed by atoms with Crippen LogP contribution in [0.5, 0.6) is 0 Å². The van der Waals surface area contributed by atoms with Crippen LogP contribution in [0.4, 0.5) is 5.69 Å². The quantitative estimate of drug-likeness (QED) is 0.607. The summed E-state index contributed by atoms with van der Waals surface area (Å²) in [5, 5.41) is 9.28. The van der Waals surface area contributed by atoms with Crippen LogP contribution in [-0.4, -0.2) is 24.4 Å². The molecule has 2 amide bonds. The van der Waals surface area contributed by atoms with E-state index in [0.29, 0.717) is 5.69 Å². The first-order chi connectivity index (χ1) is 10.1. The zero-order valence-corrected chi connectivity index (χ0v) is 11.3. The number of nitrogens with zero attached hydrogens (tertiary/aromatic N) is 2. The molecular weight excluding hydrogens is 272 g/mol. The third-order valence-electron chi connectivity index (χ3n) is 3.99. The number of hydrogen-bond acceptors (Lipinski definition) is 5. The smallest absolute Gasteiger partial charge is 0.328 e. The lowest BCUT2D eigenvalue weighted by atomic mass is 10.0. The van der Waals surface area contributed by atoms with Gasteiger partial charge in [0, 0.05) is 0 Å². The average molecular weight is 284 g/mol. The fraction of sp³-hybridized carbons (Fsp3) is 0.333. The minimum Gasteiger partial charge on any atom is -0.465 e. The molecular formula is C15H12N2O4. The number of anilines is 1. The summed E-state index contributed by atoms with van der Waals surface area (Å²) in [7, 11) is 0. The monoisotopic (exact) mass is 284 g/mol. The lowest BCUT2D eigenvalue weighted by molar-refractivity contribution is -0.150. The first kappa shape index (κ1) is 13.3. The number of benzene rings is 1. The summed E-state index contributed by atoms with van der Waals surface area (Å²) >= 11 is 0. The van der Waals surface area contributed by atoms with Crippen molar-refractivity contribution in [2.75, 3.05) is 11.5 Å². The molecule has 1 heterocycles. The summed E-state index contributed by atoms with van der Waals surface area (Å²) in [5.74, 6) is -3.64. The second-order valence-electron chi connectivity index (χ2n) is 5.00. The number of para-hydroxylation sites is 1. The summed E-state index contributed by atoms with van der Waals surface area (Å²) in [6.07, 6.45) is 0. The number of nitriles is 1. The molecule has 0 N–H and O–H groups in total. The van der Waals surface area contributed by atoms with E-state index in [9.17, 15) is 19.6 Å². The highest BCUT2D eigenvalue weighted by atomic mass is 16.5. The lowest BCUT2D eigenvalue weighted by Crippen LogP contribution is -2.40. The molecule has 1 aliphatic heterocycles. The number of ether oxygens (including phenoxy) is 1. The fourth-order valence-electron chi connectivity index (χ4n) is 2.97. The van der Waals surface area contributed by atoms with Crippen LogP contribution in [0.2, 0.25) is 0 Å². The van der Waals surface area contributed by atoms with Crippen molar-refractivity contribution in [1.82, 2.24) is 0 Å². The molecule has 2 aliphatic rings. The molecule has 1 aliphatic carbocycles. The van der Waals surface area contributed by atoms with Crippen LogP contribution in [0.15, 0.2) is 30.3 Å². The number of piperidine rings is 1. The van der Waals surface area contributed by atoms with Crippen LogP contribution < -0.4 is 4.90 Å². The van der Waals surface area contributed by atoms with Gasteiger partial charge in [0.1, 0.15) is 0 Å². The van der Waals surface area contributed by atoms with Crippen LogP contribution in [0.1, 0.15) is 6.92 Å². The van der Waals surface area contributed by atoms with Gasteiger partial charge >= 0.3 is 5.97 Å². The molecule has 1 saturated carbocycles. The fourth-order valence-corrected chi connectivity index (χ4v) is 2.97. The molecule has 0 aromatic heterocycles. The van der Waals surface area contributed by atoms with Gasteiger partial charge in [0.2, 0.25) is 11.8 Å². The molecule has 3 rings (SSSR count). The number of esters is 1. The first-order valence-corrected chi connectivity index (χ1v) is 6.61. The predicted octanol–water partition coefficient (Wildman–Crippen LogP) is 0.879. The number of hydrogen-bond donors (Lipinski definition) is 0. The largest absolute Gasteiger partial charge is 0.465 e. The zero-order chi connectivity index (χ0) is 15.2. The molecule has 2 unspecified atom stereocenters. The van der Waals surface area contributed by atoms with Crippen LogP contribution in [0.25, 0.3) is 0 Å². The second kappa shape index (κ2) is 4.42. The molecule has 0 spiro atoms. The average Bonchev–Trinajstić information content (AvgIpc) is 3.11. The van der Waals surface area contributed by atoms with Crippen LogP contribution in [0, 0.1) is 28.6 Å². The Bertz CT molecular complexity index is 655. The van der Waals surface area contributed by atoms with E-state index >= 15 is 0 Å². The van der Waals surface area contributed by atoms with Crippen molar-refractivity contribution in [3.8, 4) is 6.07 Å². The van der Waals surface area contributed by atoms with E-state index in [1.54, 1.807) is 37.3 Å². The molecule has 6 nitrogen and oxygen atoms in total. The predicted molar refractivity (Wildman–Crippen MR) is 70.6 cm³/mol.